The Labute approximate surface area is 104 Å². The lowest BCUT2D eigenvalue weighted by Gasteiger charge is -2.28. The fourth-order valence-electron chi connectivity index (χ4n) is 2.38. The fraction of sp³-hybridized carbons (Fsp3) is 0.533. The van der Waals surface area contributed by atoms with Gasteiger partial charge in [0.1, 0.15) is 5.78 Å². The third-order valence-corrected chi connectivity index (χ3v) is 3.37. The Morgan fingerprint density at radius 2 is 2.00 bits per heavy atom. The zero-order valence-corrected chi connectivity index (χ0v) is 10.7. The first kappa shape index (κ1) is 12.3. The van der Waals surface area contributed by atoms with Crippen LogP contribution in [0.2, 0.25) is 0 Å². The minimum Gasteiger partial charge on any atom is -0.300 e. The first-order valence-electron chi connectivity index (χ1n) is 6.46. The van der Waals surface area contributed by atoms with Gasteiger partial charge in [-0.15, -0.1) is 0 Å². The maximum Gasteiger partial charge on any atom is 0.131 e. The number of carbonyl (C=O) groups excluding carboxylic acids is 1. The second kappa shape index (κ2) is 5.46. The van der Waals surface area contributed by atoms with Gasteiger partial charge < -0.3 is 0 Å². The molecule has 0 spiro atoms. The number of hydrogen-bond donors (Lipinski definition) is 0. The number of Topliss-reactive ketones (excluding diaryl/α,β-unsaturated/α-hetero) is 1. The second-order valence-electron chi connectivity index (χ2n) is 5.14. The molecule has 2 nitrogen and oxygen atoms in total. The maximum absolute atomic E-state index is 11.2. The quantitative estimate of drug-likeness (QED) is 0.750. The zero-order valence-electron chi connectivity index (χ0n) is 10.7. The van der Waals surface area contributed by atoms with E-state index in [0.29, 0.717) is 18.5 Å². The summed E-state index contributed by atoms with van der Waals surface area (Å²) in [4.78, 5) is 13.7. The Morgan fingerprint density at radius 1 is 1.35 bits per heavy atom. The molecule has 1 aromatic carbocycles. The van der Waals surface area contributed by atoms with Gasteiger partial charge in [-0.3, -0.25) is 9.69 Å². The van der Waals surface area contributed by atoms with Crippen LogP contribution in [-0.4, -0.2) is 22.8 Å². The normalized spacial score (nSPS) is 17.1. The van der Waals surface area contributed by atoms with Crippen molar-refractivity contribution in [1.29, 1.82) is 0 Å². The number of nitrogens with zero attached hydrogens (tertiary/aromatic N) is 1. The van der Waals surface area contributed by atoms with Crippen LogP contribution in [-0.2, 0) is 11.3 Å². The first-order valence-corrected chi connectivity index (χ1v) is 6.46. The van der Waals surface area contributed by atoms with Crippen molar-refractivity contribution in [1.82, 2.24) is 4.90 Å². The van der Waals surface area contributed by atoms with Crippen molar-refractivity contribution in [2.24, 2.45) is 0 Å². The van der Waals surface area contributed by atoms with E-state index in [1.165, 1.54) is 18.4 Å². The molecule has 0 amide bonds. The fourth-order valence-corrected chi connectivity index (χ4v) is 2.38. The van der Waals surface area contributed by atoms with Gasteiger partial charge in [0.05, 0.1) is 0 Å². The van der Waals surface area contributed by atoms with E-state index in [4.69, 9.17) is 0 Å². The van der Waals surface area contributed by atoms with Gasteiger partial charge in [-0.25, -0.2) is 0 Å². The van der Waals surface area contributed by atoms with Gasteiger partial charge in [0.25, 0.3) is 0 Å². The molecule has 0 bridgehead atoms. The Kier molecular flexibility index (Phi) is 3.95. The largest absolute Gasteiger partial charge is 0.300 e. The van der Waals surface area contributed by atoms with Gasteiger partial charge in [-0.05, 0) is 32.3 Å². The number of carbonyl (C=O) groups is 1. The molecule has 1 saturated carbocycles. The van der Waals surface area contributed by atoms with Crippen LogP contribution in [0.25, 0.3) is 0 Å². The lowest BCUT2D eigenvalue weighted by atomic mass is 10.1. The number of benzene rings is 1. The molecular weight excluding hydrogens is 210 g/mol. The molecule has 1 fully saturated rings. The van der Waals surface area contributed by atoms with Gasteiger partial charge >= 0.3 is 0 Å². The van der Waals surface area contributed by atoms with Crippen LogP contribution < -0.4 is 0 Å². The molecule has 0 aliphatic heterocycles. The molecule has 1 aromatic rings. The van der Waals surface area contributed by atoms with E-state index in [-0.39, 0.29) is 5.78 Å². The standard InChI is InChI=1S/C15H21NO/c1-12(10-13(2)17)16(15-8-9-15)11-14-6-4-3-5-7-14/h3-7,12,15H,8-11H2,1-2H3. The predicted octanol–water partition coefficient (Wildman–Crippen LogP) is 3.02. The van der Waals surface area contributed by atoms with E-state index in [1.807, 2.05) is 6.07 Å². The molecule has 1 unspecified atom stereocenters. The third-order valence-electron chi connectivity index (χ3n) is 3.37. The van der Waals surface area contributed by atoms with E-state index >= 15 is 0 Å². The summed E-state index contributed by atoms with van der Waals surface area (Å²) in [6.45, 7) is 4.83. The Bertz CT molecular complexity index is 370. The lowest BCUT2D eigenvalue weighted by molar-refractivity contribution is -0.118. The molecule has 0 N–H and O–H groups in total. The number of hydrogen-bond acceptors (Lipinski definition) is 2. The summed E-state index contributed by atoms with van der Waals surface area (Å²) < 4.78 is 0. The third kappa shape index (κ3) is 3.67. The van der Waals surface area contributed by atoms with Crippen molar-refractivity contribution >= 4 is 5.78 Å². The lowest BCUT2D eigenvalue weighted by Crippen LogP contribution is -2.35. The summed E-state index contributed by atoms with van der Waals surface area (Å²) in [6, 6.07) is 11.6. The number of ketones is 1. The predicted molar refractivity (Wildman–Crippen MR) is 69.8 cm³/mol. The van der Waals surface area contributed by atoms with E-state index in [0.717, 1.165) is 6.54 Å². The van der Waals surface area contributed by atoms with Crippen LogP contribution in [0.4, 0.5) is 0 Å². The molecule has 0 saturated heterocycles. The molecule has 0 aromatic heterocycles. The molecule has 0 radical (unpaired) electrons. The van der Waals surface area contributed by atoms with Crippen molar-refractivity contribution in [2.75, 3.05) is 0 Å². The zero-order chi connectivity index (χ0) is 12.3. The van der Waals surface area contributed by atoms with Crippen LogP contribution in [0.3, 0.4) is 0 Å². The SMILES string of the molecule is CC(=O)CC(C)N(Cc1ccccc1)C1CC1. The average molecular weight is 231 g/mol. The molecule has 1 aliphatic carbocycles. The van der Waals surface area contributed by atoms with Gasteiger partial charge in [0, 0.05) is 25.0 Å². The van der Waals surface area contributed by atoms with Crippen molar-refractivity contribution in [2.45, 2.75) is 51.7 Å². The summed E-state index contributed by atoms with van der Waals surface area (Å²) in [5.41, 5.74) is 1.34. The minimum atomic E-state index is 0.288. The van der Waals surface area contributed by atoms with Crippen molar-refractivity contribution in [3.63, 3.8) is 0 Å². The molecule has 0 heterocycles. The molecule has 17 heavy (non-hydrogen) atoms. The Morgan fingerprint density at radius 3 is 2.53 bits per heavy atom. The monoisotopic (exact) mass is 231 g/mol. The number of rotatable bonds is 6. The Balaban J connectivity index is 2.00. The molecule has 1 atom stereocenters. The van der Waals surface area contributed by atoms with Crippen LogP contribution >= 0.6 is 0 Å². The molecule has 92 valence electrons. The maximum atomic E-state index is 11.2. The van der Waals surface area contributed by atoms with Crippen LogP contribution in [0.15, 0.2) is 30.3 Å². The summed E-state index contributed by atoms with van der Waals surface area (Å²) in [5.74, 6) is 0.288. The highest BCUT2D eigenvalue weighted by molar-refractivity contribution is 5.76. The summed E-state index contributed by atoms with van der Waals surface area (Å²) in [5, 5.41) is 0. The summed E-state index contributed by atoms with van der Waals surface area (Å²) >= 11 is 0. The highest BCUT2D eigenvalue weighted by Crippen LogP contribution is 2.30. The van der Waals surface area contributed by atoms with Crippen molar-refractivity contribution in [3.05, 3.63) is 35.9 Å². The highest BCUT2D eigenvalue weighted by Gasteiger charge is 2.32. The van der Waals surface area contributed by atoms with Crippen molar-refractivity contribution in [3.8, 4) is 0 Å². The molecule has 2 rings (SSSR count). The van der Waals surface area contributed by atoms with Gasteiger partial charge in [0.2, 0.25) is 0 Å². The van der Waals surface area contributed by atoms with E-state index < -0.39 is 0 Å². The first-order chi connectivity index (χ1) is 8.16. The average Bonchev–Trinajstić information content (AvgIpc) is 3.10. The van der Waals surface area contributed by atoms with Crippen LogP contribution in [0, 0.1) is 0 Å². The van der Waals surface area contributed by atoms with E-state index in [1.54, 1.807) is 6.92 Å². The van der Waals surface area contributed by atoms with Crippen LogP contribution in [0.1, 0.15) is 38.7 Å². The van der Waals surface area contributed by atoms with E-state index in [2.05, 4.69) is 36.1 Å². The van der Waals surface area contributed by atoms with Crippen molar-refractivity contribution < 1.29 is 4.79 Å². The van der Waals surface area contributed by atoms with E-state index in [9.17, 15) is 4.79 Å². The summed E-state index contributed by atoms with van der Waals surface area (Å²) in [7, 11) is 0. The summed E-state index contributed by atoms with van der Waals surface area (Å²) in [6.07, 6.45) is 3.24. The van der Waals surface area contributed by atoms with Gasteiger partial charge in [-0.2, -0.15) is 0 Å². The second-order valence-corrected chi connectivity index (χ2v) is 5.14. The van der Waals surface area contributed by atoms with Gasteiger partial charge in [0.15, 0.2) is 0 Å². The molecule has 1 aliphatic rings. The van der Waals surface area contributed by atoms with Crippen LogP contribution in [0.5, 0.6) is 0 Å². The highest BCUT2D eigenvalue weighted by atomic mass is 16.1. The topological polar surface area (TPSA) is 20.3 Å². The Hall–Kier alpha value is -1.15. The smallest absolute Gasteiger partial charge is 0.131 e. The molecule has 2 heteroatoms. The van der Waals surface area contributed by atoms with Gasteiger partial charge in [-0.1, -0.05) is 30.3 Å². The molecular formula is C15H21NO. The minimum absolute atomic E-state index is 0.288.